The Labute approximate surface area is 139 Å². The van der Waals surface area contributed by atoms with Crippen molar-refractivity contribution < 1.29 is 4.74 Å². The fourth-order valence-electron chi connectivity index (χ4n) is 2.02. The topological polar surface area (TPSA) is 44.1 Å². The maximum atomic E-state index is 11.5. The molecule has 0 aliphatic rings. The van der Waals surface area contributed by atoms with Gasteiger partial charge in [0.15, 0.2) is 5.16 Å². The van der Waals surface area contributed by atoms with Gasteiger partial charge in [-0.1, -0.05) is 35.5 Å². The Bertz CT molecular complexity index is 671. The summed E-state index contributed by atoms with van der Waals surface area (Å²) in [5.74, 6) is 0.668. The number of methoxy groups -OCH3 is 1. The molecule has 0 aliphatic carbocycles. The third-order valence-electron chi connectivity index (χ3n) is 3.25. The van der Waals surface area contributed by atoms with Crippen molar-refractivity contribution in [3.63, 3.8) is 0 Å². The number of hydrogen-bond donors (Lipinski definition) is 0. The average molecular weight is 339 g/mol. The van der Waals surface area contributed by atoms with E-state index in [1.165, 1.54) is 17.8 Å². The molecule has 0 radical (unpaired) electrons. The first-order valence-electron chi connectivity index (χ1n) is 7.01. The van der Waals surface area contributed by atoms with E-state index in [1.54, 1.807) is 13.3 Å². The molecule has 118 valence electrons. The van der Waals surface area contributed by atoms with Gasteiger partial charge in [0.05, 0.1) is 6.10 Å². The van der Waals surface area contributed by atoms with E-state index >= 15 is 0 Å². The standard InChI is InChI=1S/C16H19ClN2O2S/c1-11(2)19-9-8-15(20)18-16(19)22-10-14(21-3)12-4-6-13(17)7-5-12/h4-9,11,14H,10H2,1-3H3/t14-/m1/s1. The quantitative estimate of drug-likeness (QED) is 0.590. The lowest BCUT2D eigenvalue weighted by atomic mass is 10.1. The fraction of sp³-hybridized carbons (Fsp3) is 0.375. The first-order chi connectivity index (χ1) is 10.5. The highest BCUT2D eigenvalue weighted by atomic mass is 35.5. The van der Waals surface area contributed by atoms with Gasteiger partial charge in [0.25, 0.3) is 5.56 Å². The van der Waals surface area contributed by atoms with Crippen molar-refractivity contribution in [2.75, 3.05) is 12.9 Å². The van der Waals surface area contributed by atoms with Crippen LogP contribution in [0.3, 0.4) is 0 Å². The van der Waals surface area contributed by atoms with Crippen LogP contribution in [-0.4, -0.2) is 22.4 Å². The minimum atomic E-state index is -0.222. The Morgan fingerprint density at radius 2 is 1.95 bits per heavy atom. The molecule has 0 spiro atoms. The van der Waals surface area contributed by atoms with Gasteiger partial charge in [-0.3, -0.25) is 4.79 Å². The lowest BCUT2D eigenvalue weighted by Gasteiger charge is -2.18. The van der Waals surface area contributed by atoms with Crippen LogP contribution < -0.4 is 5.56 Å². The van der Waals surface area contributed by atoms with Crippen molar-refractivity contribution in [1.29, 1.82) is 0 Å². The fourth-order valence-corrected chi connectivity index (χ4v) is 3.36. The highest BCUT2D eigenvalue weighted by molar-refractivity contribution is 7.99. The van der Waals surface area contributed by atoms with Crippen LogP contribution in [0.4, 0.5) is 0 Å². The highest BCUT2D eigenvalue weighted by Gasteiger charge is 2.14. The summed E-state index contributed by atoms with van der Waals surface area (Å²) in [6, 6.07) is 9.32. The van der Waals surface area contributed by atoms with E-state index < -0.39 is 0 Å². The number of aromatic nitrogens is 2. The molecule has 0 bridgehead atoms. The third-order valence-corrected chi connectivity index (χ3v) is 4.53. The minimum absolute atomic E-state index is 0.0833. The molecule has 0 saturated heterocycles. The van der Waals surface area contributed by atoms with E-state index in [-0.39, 0.29) is 17.7 Å². The molecule has 1 heterocycles. The molecule has 1 aromatic heterocycles. The number of benzene rings is 1. The maximum absolute atomic E-state index is 11.5. The summed E-state index contributed by atoms with van der Waals surface area (Å²) in [4.78, 5) is 15.6. The van der Waals surface area contributed by atoms with Gasteiger partial charge in [0.1, 0.15) is 0 Å². The second-order valence-electron chi connectivity index (χ2n) is 5.14. The van der Waals surface area contributed by atoms with Crippen LogP contribution in [0, 0.1) is 0 Å². The first-order valence-corrected chi connectivity index (χ1v) is 8.38. The molecule has 2 rings (SSSR count). The van der Waals surface area contributed by atoms with Crippen LogP contribution in [0.25, 0.3) is 0 Å². The van der Waals surface area contributed by atoms with E-state index in [4.69, 9.17) is 16.3 Å². The van der Waals surface area contributed by atoms with E-state index in [0.717, 1.165) is 5.56 Å². The summed E-state index contributed by atoms with van der Waals surface area (Å²) in [6.07, 6.45) is 1.70. The van der Waals surface area contributed by atoms with Gasteiger partial charge in [-0.05, 0) is 31.5 Å². The Morgan fingerprint density at radius 3 is 2.55 bits per heavy atom. The van der Waals surface area contributed by atoms with Crippen LogP contribution in [-0.2, 0) is 4.74 Å². The molecule has 22 heavy (non-hydrogen) atoms. The summed E-state index contributed by atoms with van der Waals surface area (Å²) in [5, 5.41) is 1.41. The summed E-state index contributed by atoms with van der Waals surface area (Å²) < 4.78 is 7.54. The van der Waals surface area contributed by atoms with Gasteiger partial charge in [0, 0.05) is 36.2 Å². The van der Waals surface area contributed by atoms with Crippen LogP contribution in [0.15, 0.2) is 46.5 Å². The zero-order valence-corrected chi connectivity index (χ0v) is 14.4. The molecule has 0 saturated carbocycles. The highest BCUT2D eigenvalue weighted by Crippen LogP contribution is 2.27. The van der Waals surface area contributed by atoms with Gasteiger partial charge in [0.2, 0.25) is 0 Å². The number of ether oxygens (including phenoxy) is 1. The lowest BCUT2D eigenvalue weighted by molar-refractivity contribution is 0.123. The summed E-state index contributed by atoms with van der Waals surface area (Å²) >= 11 is 7.43. The summed E-state index contributed by atoms with van der Waals surface area (Å²) in [6.45, 7) is 4.12. The number of nitrogens with zero attached hydrogens (tertiary/aromatic N) is 2. The van der Waals surface area contributed by atoms with Gasteiger partial charge in [-0.15, -0.1) is 0 Å². The molecule has 4 nitrogen and oxygen atoms in total. The van der Waals surface area contributed by atoms with E-state index in [9.17, 15) is 4.79 Å². The van der Waals surface area contributed by atoms with Crippen LogP contribution in [0.5, 0.6) is 0 Å². The number of thioether (sulfide) groups is 1. The molecular weight excluding hydrogens is 320 g/mol. The van der Waals surface area contributed by atoms with Crippen molar-refractivity contribution in [3.05, 3.63) is 57.5 Å². The molecule has 0 amide bonds. The van der Waals surface area contributed by atoms with E-state index in [0.29, 0.717) is 15.9 Å². The maximum Gasteiger partial charge on any atom is 0.273 e. The first kappa shape index (κ1) is 17.1. The molecule has 1 aromatic carbocycles. The van der Waals surface area contributed by atoms with Crippen LogP contribution in [0.2, 0.25) is 5.02 Å². The Balaban J connectivity index is 2.15. The monoisotopic (exact) mass is 338 g/mol. The third kappa shape index (κ3) is 4.35. The smallest absolute Gasteiger partial charge is 0.273 e. The molecule has 0 aliphatic heterocycles. The average Bonchev–Trinajstić information content (AvgIpc) is 2.49. The summed E-state index contributed by atoms with van der Waals surface area (Å²) in [5.41, 5.74) is 0.827. The predicted molar refractivity (Wildman–Crippen MR) is 90.8 cm³/mol. The van der Waals surface area contributed by atoms with E-state index in [1.807, 2.05) is 28.8 Å². The van der Waals surface area contributed by atoms with Crippen molar-refractivity contribution in [1.82, 2.24) is 9.55 Å². The van der Waals surface area contributed by atoms with Crippen molar-refractivity contribution >= 4 is 23.4 Å². The Morgan fingerprint density at radius 1 is 1.27 bits per heavy atom. The SMILES string of the molecule is CO[C@H](CSc1nc(=O)ccn1C(C)C)c1ccc(Cl)cc1. The molecule has 6 heteroatoms. The molecule has 1 atom stereocenters. The van der Waals surface area contributed by atoms with Crippen LogP contribution >= 0.6 is 23.4 Å². The molecule has 0 N–H and O–H groups in total. The number of hydrogen-bond acceptors (Lipinski definition) is 4. The van der Waals surface area contributed by atoms with Crippen LogP contribution in [0.1, 0.15) is 31.6 Å². The summed E-state index contributed by atoms with van der Waals surface area (Å²) in [7, 11) is 1.67. The lowest BCUT2D eigenvalue weighted by Crippen LogP contribution is -2.15. The van der Waals surface area contributed by atoms with Gasteiger partial charge in [-0.2, -0.15) is 4.98 Å². The second-order valence-corrected chi connectivity index (χ2v) is 6.56. The second kappa shape index (κ2) is 7.81. The molecule has 0 fully saturated rings. The zero-order valence-electron chi connectivity index (χ0n) is 12.8. The molecule has 2 aromatic rings. The zero-order chi connectivity index (χ0) is 16.1. The normalized spacial score (nSPS) is 12.6. The molecule has 0 unspecified atom stereocenters. The minimum Gasteiger partial charge on any atom is -0.376 e. The van der Waals surface area contributed by atoms with Crippen molar-refractivity contribution in [3.8, 4) is 0 Å². The molecular formula is C16H19ClN2O2S. The predicted octanol–water partition coefficient (Wildman–Crippen LogP) is 3.96. The van der Waals surface area contributed by atoms with Gasteiger partial charge >= 0.3 is 0 Å². The van der Waals surface area contributed by atoms with Crippen molar-refractivity contribution in [2.24, 2.45) is 0 Å². The van der Waals surface area contributed by atoms with Crippen molar-refractivity contribution in [2.45, 2.75) is 31.1 Å². The largest absolute Gasteiger partial charge is 0.376 e. The van der Waals surface area contributed by atoms with Gasteiger partial charge in [-0.25, -0.2) is 0 Å². The number of rotatable bonds is 6. The Hall–Kier alpha value is -1.30. The van der Waals surface area contributed by atoms with E-state index in [2.05, 4.69) is 18.8 Å². The Kier molecular flexibility index (Phi) is 6.06. The number of halogens is 1. The van der Waals surface area contributed by atoms with Gasteiger partial charge < -0.3 is 9.30 Å².